The summed E-state index contributed by atoms with van der Waals surface area (Å²) >= 11 is 0. The maximum Gasteiger partial charge on any atom is 0.326 e. The number of H-pyrrole nitrogens is 1. The third-order valence-corrected chi connectivity index (χ3v) is 5.41. The third-order valence-electron chi connectivity index (χ3n) is 5.41. The summed E-state index contributed by atoms with van der Waals surface area (Å²) in [6, 6.07) is 4.45. The van der Waals surface area contributed by atoms with Crippen molar-refractivity contribution in [3.63, 3.8) is 0 Å². The molecular formula is C23H33N5O5. The van der Waals surface area contributed by atoms with Crippen molar-refractivity contribution in [1.29, 1.82) is 0 Å². The van der Waals surface area contributed by atoms with Crippen molar-refractivity contribution in [2.24, 2.45) is 17.6 Å². The second-order valence-electron chi connectivity index (χ2n) is 8.69. The number of carbonyl (C=O) groups is 4. The van der Waals surface area contributed by atoms with Crippen LogP contribution in [0.3, 0.4) is 0 Å². The van der Waals surface area contributed by atoms with E-state index in [2.05, 4.69) is 20.9 Å². The van der Waals surface area contributed by atoms with Crippen molar-refractivity contribution < 1.29 is 24.3 Å². The summed E-state index contributed by atoms with van der Waals surface area (Å²) in [5, 5.41) is 18.2. The average molecular weight is 460 g/mol. The highest BCUT2D eigenvalue weighted by Crippen LogP contribution is 2.19. The van der Waals surface area contributed by atoms with Crippen LogP contribution in [0.15, 0.2) is 30.5 Å². The van der Waals surface area contributed by atoms with Crippen LogP contribution >= 0.6 is 0 Å². The molecule has 0 aliphatic rings. The first-order valence-corrected chi connectivity index (χ1v) is 10.9. The van der Waals surface area contributed by atoms with Gasteiger partial charge in [0.25, 0.3) is 0 Å². The van der Waals surface area contributed by atoms with Gasteiger partial charge in [0.1, 0.15) is 18.1 Å². The summed E-state index contributed by atoms with van der Waals surface area (Å²) in [6.45, 7) is 6.61. The van der Waals surface area contributed by atoms with Crippen LogP contribution in [0.4, 0.5) is 0 Å². The van der Waals surface area contributed by atoms with Gasteiger partial charge >= 0.3 is 5.97 Å². The molecule has 0 aliphatic carbocycles. The van der Waals surface area contributed by atoms with E-state index < -0.39 is 41.8 Å². The van der Waals surface area contributed by atoms with Gasteiger partial charge in [0.05, 0.1) is 6.54 Å². The monoisotopic (exact) mass is 459 g/mol. The van der Waals surface area contributed by atoms with E-state index in [0.29, 0.717) is 0 Å². The molecule has 0 spiro atoms. The van der Waals surface area contributed by atoms with Crippen molar-refractivity contribution in [1.82, 2.24) is 20.9 Å². The molecule has 10 nitrogen and oxygen atoms in total. The normalized spacial score (nSPS) is 14.0. The molecule has 0 radical (unpaired) electrons. The maximum atomic E-state index is 13.1. The second-order valence-corrected chi connectivity index (χ2v) is 8.69. The number of carboxylic acids is 1. The Kier molecular flexibility index (Phi) is 8.98. The first-order valence-electron chi connectivity index (χ1n) is 10.9. The van der Waals surface area contributed by atoms with Crippen LogP contribution < -0.4 is 21.7 Å². The van der Waals surface area contributed by atoms with E-state index in [-0.39, 0.29) is 24.8 Å². The molecule has 2 rings (SSSR count). The lowest BCUT2D eigenvalue weighted by atomic mass is 9.99. The van der Waals surface area contributed by atoms with Gasteiger partial charge in [-0.1, -0.05) is 45.9 Å². The Labute approximate surface area is 192 Å². The van der Waals surface area contributed by atoms with Gasteiger partial charge in [-0.15, -0.1) is 0 Å². The van der Waals surface area contributed by atoms with Gasteiger partial charge in [0.15, 0.2) is 0 Å². The van der Waals surface area contributed by atoms with Crippen molar-refractivity contribution in [3.05, 3.63) is 36.0 Å². The van der Waals surface area contributed by atoms with Gasteiger partial charge in [-0.3, -0.25) is 14.4 Å². The van der Waals surface area contributed by atoms with Gasteiger partial charge in [0.2, 0.25) is 17.7 Å². The van der Waals surface area contributed by atoms with Crippen molar-refractivity contribution in [2.75, 3.05) is 6.54 Å². The standard InChI is InChI=1S/C23H33N5O5/c1-12(2)19(27-18(29)10-24)22(31)26-17(21(30)28-20(13(3)4)23(32)33)9-14-11-25-16-8-6-5-7-15(14)16/h5-8,11-13,17,19-20,25H,9-10,24H2,1-4H3,(H,26,31)(H,27,29)(H,28,30)(H,32,33). The fourth-order valence-electron chi connectivity index (χ4n) is 3.53. The molecule has 33 heavy (non-hydrogen) atoms. The highest BCUT2D eigenvalue weighted by atomic mass is 16.4. The molecule has 180 valence electrons. The van der Waals surface area contributed by atoms with E-state index in [1.54, 1.807) is 33.9 Å². The zero-order valence-corrected chi connectivity index (χ0v) is 19.3. The number of rotatable bonds is 11. The van der Waals surface area contributed by atoms with E-state index in [1.165, 1.54) is 0 Å². The van der Waals surface area contributed by atoms with Crippen LogP contribution in [0.2, 0.25) is 0 Å². The van der Waals surface area contributed by atoms with Gasteiger partial charge in [-0.25, -0.2) is 4.79 Å². The Balaban J connectivity index is 2.32. The molecule has 1 aromatic heterocycles. The number of aromatic amines is 1. The second kappa shape index (κ2) is 11.5. The van der Waals surface area contributed by atoms with E-state index >= 15 is 0 Å². The SMILES string of the molecule is CC(C)C(NC(=O)C(Cc1c[nH]c2ccccc12)NC(=O)C(NC(=O)CN)C(C)C)C(=O)O. The largest absolute Gasteiger partial charge is 0.480 e. The molecule has 0 fully saturated rings. The minimum Gasteiger partial charge on any atom is -0.480 e. The molecule has 1 aromatic carbocycles. The average Bonchev–Trinajstić information content (AvgIpc) is 3.16. The topological polar surface area (TPSA) is 166 Å². The number of benzene rings is 1. The number of aromatic nitrogens is 1. The molecule has 3 amide bonds. The zero-order valence-electron chi connectivity index (χ0n) is 19.3. The highest BCUT2D eigenvalue weighted by molar-refractivity contribution is 5.94. The van der Waals surface area contributed by atoms with Crippen molar-refractivity contribution in [2.45, 2.75) is 52.2 Å². The number of carboxylic acid groups (broad SMARTS) is 1. The quantitative estimate of drug-likeness (QED) is 0.286. The lowest BCUT2D eigenvalue weighted by molar-refractivity contribution is -0.143. The van der Waals surface area contributed by atoms with Crippen LogP contribution in [0.1, 0.15) is 33.3 Å². The minimum atomic E-state index is -1.16. The summed E-state index contributed by atoms with van der Waals surface area (Å²) in [5.74, 6) is -3.45. The number of fused-ring (bicyclic) bond motifs is 1. The number of amides is 3. The van der Waals surface area contributed by atoms with E-state index in [9.17, 15) is 24.3 Å². The Bertz CT molecular complexity index is 1000. The molecule has 3 unspecified atom stereocenters. The molecule has 0 aliphatic heterocycles. The number of hydrogen-bond donors (Lipinski definition) is 6. The van der Waals surface area contributed by atoms with Gasteiger partial charge in [0, 0.05) is 23.5 Å². The number of para-hydroxylation sites is 1. The number of hydrogen-bond acceptors (Lipinski definition) is 5. The summed E-state index contributed by atoms with van der Waals surface area (Å²) in [5.41, 5.74) is 7.02. The lowest BCUT2D eigenvalue weighted by Crippen LogP contribution is -2.58. The zero-order chi connectivity index (χ0) is 24.7. The molecule has 0 bridgehead atoms. The summed E-state index contributed by atoms with van der Waals surface area (Å²) in [7, 11) is 0. The molecule has 2 aromatic rings. The van der Waals surface area contributed by atoms with E-state index in [4.69, 9.17) is 5.73 Å². The molecule has 0 saturated carbocycles. The van der Waals surface area contributed by atoms with Gasteiger partial charge < -0.3 is 31.8 Å². The summed E-state index contributed by atoms with van der Waals surface area (Å²) in [4.78, 5) is 52.7. The third kappa shape index (κ3) is 6.79. The van der Waals surface area contributed by atoms with Crippen molar-refractivity contribution >= 4 is 34.6 Å². The summed E-state index contributed by atoms with van der Waals surface area (Å²) in [6.07, 6.45) is 1.88. The Morgan fingerprint density at radius 1 is 0.939 bits per heavy atom. The van der Waals surface area contributed by atoms with E-state index in [0.717, 1.165) is 16.5 Å². The minimum absolute atomic E-state index is 0.127. The highest BCUT2D eigenvalue weighted by Gasteiger charge is 2.32. The number of carbonyl (C=O) groups excluding carboxylic acids is 3. The molecule has 1 heterocycles. The van der Waals surface area contributed by atoms with Gasteiger partial charge in [-0.2, -0.15) is 0 Å². The molecular weight excluding hydrogens is 426 g/mol. The molecule has 0 saturated heterocycles. The van der Waals surface area contributed by atoms with Crippen LogP contribution in [-0.2, 0) is 25.6 Å². The van der Waals surface area contributed by atoms with Crippen LogP contribution in [0.25, 0.3) is 10.9 Å². The first kappa shape index (κ1) is 25.9. The molecule has 3 atom stereocenters. The first-order chi connectivity index (χ1) is 15.5. The Morgan fingerprint density at radius 2 is 1.58 bits per heavy atom. The number of aliphatic carboxylic acids is 1. The van der Waals surface area contributed by atoms with Crippen molar-refractivity contribution in [3.8, 4) is 0 Å². The maximum absolute atomic E-state index is 13.1. The van der Waals surface area contributed by atoms with Gasteiger partial charge in [-0.05, 0) is 23.5 Å². The predicted molar refractivity (Wildman–Crippen MR) is 124 cm³/mol. The molecule has 10 heteroatoms. The number of nitrogens with two attached hydrogens (primary N) is 1. The predicted octanol–water partition coefficient (Wildman–Crippen LogP) is 0.520. The van der Waals surface area contributed by atoms with Crippen LogP contribution in [0, 0.1) is 11.8 Å². The fourth-order valence-corrected chi connectivity index (χ4v) is 3.53. The Morgan fingerprint density at radius 3 is 2.15 bits per heavy atom. The Hall–Kier alpha value is -3.40. The fraction of sp³-hybridized carbons (Fsp3) is 0.478. The van der Waals surface area contributed by atoms with Crippen LogP contribution in [0.5, 0.6) is 0 Å². The summed E-state index contributed by atoms with van der Waals surface area (Å²) < 4.78 is 0. The molecule has 7 N–H and O–H groups in total. The lowest BCUT2D eigenvalue weighted by Gasteiger charge is -2.26. The van der Waals surface area contributed by atoms with Crippen LogP contribution in [-0.4, -0.2) is 58.5 Å². The number of nitrogens with one attached hydrogen (secondary N) is 4. The van der Waals surface area contributed by atoms with E-state index in [1.807, 2.05) is 24.3 Å². The smallest absolute Gasteiger partial charge is 0.326 e.